The molecule has 1 unspecified atom stereocenters. The first-order valence-electron chi connectivity index (χ1n) is 4.85. The fraction of sp³-hybridized carbons (Fsp3) is 0.333. The Bertz CT molecular complexity index is 282. The quantitative estimate of drug-likeness (QED) is 0.845. The lowest BCUT2D eigenvalue weighted by molar-refractivity contribution is 0.550. The Kier molecular flexibility index (Phi) is 4.91. The molecule has 1 aromatic carbocycles. The van der Waals surface area contributed by atoms with E-state index in [4.69, 9.17) is 0 Å². The molecule has 1 rings (SSSR count). The summed E-state index contributed by atoms with van der Waals surface area (Å²) in [6, 6.07) is 10.9. The highest BCUT2D eigenvalue weighted by molar-refractivity contribution is 9.11. The van der Waals surface area contributed by atoms with Gasteiger partial charge in [0.1, 0.15) is 0 Å². The van der Waals surface area contributed by atoms with Crippen LogP contribution in [0.4, 0.5) is 0 Å². The smallest absolute Gasteiger partial charge is 0.0320 e. The summed E-state index contributed by atoms with van der Waals surface area (Å²) in [7, 11) is 0. The Morgan fingerprint density at radius 3 is 2.57 bits per heavy atom. The van der Waals surface area contributed by atoms with Crippen molar-refractivity contribution in [3.63, 3.8) is 0 Å². The summed E-state index contributed by atoms with van der Waals surface area (Å²) < 4.78 is 0.992. The maximum atomic E-state index is 3.81. The summed E-state index contributed by atoms with van der Waals surface area (Å²) in [6.07, 6.45) is 1.09. The van der Waals surface area contributed by atoms with Gasteiger partial charge in [-0.3, -0.25) is 0 Å². The highest BCUT2D eigenvalue weighted by Crippen LogP contribution is 2.16. The molecule has 0 aliphatic heterocycles. The van der Waals surface area contributed by atoms with Crippen molar-refractivity contribution in [1.82, 2.24) is 5.32 Å². The van der Waals surface area contributed by atoms with Gasteiger partial charge in [-0.05, 0) is 12.0 Å². The van der Waals surface area contributed by atoms with Crippen molar-refractivity contribution in [3.05, 3.63) is 47.0 Å². The van der Waals surface area contributed by atoms with Crippen molar-refractivity contribution in [2.24, 2.45) is 0 Å². The first-order chi connectivity index (χ1) is 6.74. The van der Waals surface area contributed by atoms with E-state index in [0.717, 1.165) is 17.4 Å². The highest BCUT2D eigenvalue weighted by Gasteiger charge is 2.06. The molecule has 0 aliphatic rings. The number of halogens is 1. The van der Waals surface area contributed by atoms with Gasteiger partial charge in [-0.15, -0.1) is 0 Å². The number of benzene rings is 1. The normalized spacial score (nSPS) is 12.4. The second kappa shape index (κ2) is 5.99. The SMILES string of the molecule is C=C(Br)CNC(CC)c1ccccc1. The molecule has 0 saturated carbocycles. The third-order valence-electron chi connectivity index (χ3n) is 2.15. The monoisotopic (exact) mass is 253 g/mol. The van der Waals surface area contributed by atoms with E-state index in [1.54, 1.807) is 0 Å². The molecular formula is C12H16BrN. The van der Waals surface area contributed by atoms with Gasteiger partial charge in [0.25, 0.3) is 0 Å². The van der Waals surface area contributed by atoms with Crippen LogP contribution in [0.15, 0.2) is 41.4 Å². The van der Waals surface area contributed by atoms with Crippen LogP contribution in [0.3, 0.4) is 0 Å². The molecule has 0 radical (unpaired) electrons. The summed E-state index contributed by atoms with van der Waals surface area (Å²) in [5, 5.41) is 3.44. The van der Waals surface area contributed by atoms with E-state index in [1.165, 1.54) is 5.56 Å². The van der Waals surface area contributed by atoms with Crippen LogP contribution in [0.1, 0.15) is 24.9 Å². The van der Waals surface area contributed by atoms with E-state index in [1.807, 2.05) is 6.07 Å². The predicted molar refractivity (Wildman–Crippen MR) is 65.5 cm³/mol. The van der Waals surface area contributed by atoms with E-state index in [-0.39, 0.29) is 0 Å². The standard InChI is InChI=1S/C12H16BrN/c1-3-12(14-9-10(2)13)11-7-5-4-6-8-11/h4-8,12,14H,2-3,9H2,1H3. The average molecular weight is 254 g/mol. The lowest BCUT2D eigenvalue weighted by atomic mass is 10.1. The molecule has 2 heteroatoms. The van der Waals surface area contributed by atoms with Crippen molar-refractivity contribution in [2.45, 2.75) is 19.4 Å². The van der Waals surface area contributed by atoms with Crippen LogP contribution in [0.5, 0.6) is 0 Å². The molecular weight excluding hydrogens is 238 g/mol. The minimum Gasteiger partial charge on any atom is -0.305 e. The van der Waals surface area contributed by atoms with E-state index < -0.39 is 0 Å². The molecule has 0 saturated heterocycles. The van der Waals surface area contributed by atoms with Gasteiger partial charge in [0.05, 0.1) is 0 Å². The Morgan fingerprint density at radius 1 is 1.43 bits per heavy atom. The van der Waals surface area contributed by atoms with Crippen LogP contribution in [0.2, 0.25) is 0 Å². The maximum Gasteiger partial charge on any atom is 0.0320 e. The Labute approximate surface area is 94.3 Å². The van der Waals surface area contributed by atoms with Crippen LogP contribution in [-0.4, -0.2) is 6.54 Å². The van der Waals surface area contributed by atoms with Crippen molar-refractivity contribution >= 4 is 15.9 Å². The minimum atomic E-state index is 0.422. The van der Waals surface area contributed by atoms with Crippen LogP contribution in [-0.2, 0) is 0 Å². The van der Waals surface area contributed by atoms with E-state index in [9.17, 15) is 0 Å². The summed E-state index contributed by atoms with van der Waals surface area (Å²) in [4.78, 5) is 0. The van der Waals surface area contributed by atoms with Crippen molar-refractivity contribution in [3.8, 4) is 0 Å². The molecule has 0 aliphatic carbocycles. The number of nitrogens with one attached hydrogen (secondary N) is 1. The van der Waals surface area contributed by atoms with E-state index in [2.05, 4.69) is 59.0 Å². The molecule has 0 bridgehead atoms. The molecule has 0 amide bonds. The molecule has 0 heterocycles. The number of rotatable bonds is 5. The molecule has 1 nitrogen and oxygen atoms in total. The highest BCUT2D eigenvalue weighted by atomic mass is 79.9. The number of hydrogen-bond donors (Lipinski definition) is 1. The van der Waals surface area contributed by atoms with Gasteiger partial charge in [0, 0.05) is 17.1 Å². The lowest BCUT2D eigenvalue weighted by Gasteiger charge is -2.16. The molecule has 1 atom stereocenters. The zero-order valence-corrected chi connectivity index (χ0v) is 10.0. The molecule has 0 aromatic heterocycles. The lowest BCUT2D eigenvalue weighted by Crippen LogP contribution is -2.21. The fourth-order valence-electron chi connectivity index (χ4n) is 1.42. The summed E-state index contributed by atoms with van der Waals surface area (Å²) in [5.74, 6) is 0. The van der Waals surface area contributed by atoms with Gasteiger partial charge in [-0.2, -0.15) is 0 Å². The molecule has 76 valence electrons. The van der Waals surface area contributed by atoms with Crippen molar-refractivity contribution in [1.29, 1.82) is 0 Å². The molecule has 1 aromatic rings. The summed E-state index contributed by atoms with van der Waals surface area (Å²) in [5.41, 5.74) is 1.34. The van der Waals surface area contributed by atoms with Crippen LogP contribution in [0.25, 0.3) is 0 Å². The topological polar surface area (TPSA) is 12.0 Å². The second-order valence-electron chi connectivity index (χ2n) is 3.27. The Hall–Kier alpha value is -0.600. The molecule has 0 spiro atoms. The van der Waals surface area contributed by atoms with Crippen molar-refractivity contribution in [2.75, 3.05) is 6.54 Å². The second-order valence-corrected chi connectivity index (χ2v) is 4.39. The third kappa shape index (κ3) is 3.64. The van der Waals surface area contributed by atoms with E-state index in [0.29, 0.717) is 6.04 Å². The zero-order chi connectivity index (χ0) is 10.4. The van der Waals surface area contributed by atoms with Crippen LogP contribution >= 0.6 is 15.9 Å². The van der Waals surface area contributed by atoms with Gasteiger partial charge in [0.2, 0.25) is 0 Å². The van der Waals surface area contributed by atoms with Gasteiger partial charge in [0.15, 0.2) is 0 Å². The molecule has 0 fully saturated rings. The first-order valence-corrected chi connectivity index (χ1v) is 5.65. The summed E-state index contributed by atoms with van der Waals surface area (Å²) >= 11 is 3.35. The largest absolute Gasteiger partial charge is 0.305 e. The molecule has 1 N–H and O–H groups in total. The number of hydrogen-bond acceptors (Lipinski definition) is 1. The zero-order valence-electron chi connectivity index (χ0n) is 8.46. The summed E-state index contributed by atoms with van der Waals surface area (Å²) in [6.45, 7) is 6.80. The molecule has 14 heavy (non-hydrogen) atoms. The van der Waals surface area contributed by atoms with Gasteiger partial charge in [-0.25, -0.2) is 0 Å². The minimum absolute atomic E-state index is 0.422. The van der Waals surface area contributed by atoms with Gasteiger partial charge < -0.3 is 5.32 Å². The Morgan fingerprint density at radius 2 is 2.07 bits per heavy atom. The van der Waals surface area contributed by atoms with Crippen molar-refractivity contribution < 1.29 is 0 Å². The van der Waals surface area contributed by atoms with Crippen LogP contribution in [0, 0.1) is 0 Å². The third-order valence-corrected chi connectivity index (χ3v) is 2.43. The Balaban J connectivity index is 2.58. The van der Waals surface area contributed by atoms with E-state index >= 15 is 0 Å². The van der Waals surface area contributed by atoms with Gasteiger partial charge in [-0.1, -0.05) is 59.8 Å². The maximum absolute atomic E-state index is 3.81. The van der Waals surface area contributed by atoms with Gasteiger partial charge >= 0.3 is 0 Å². The fourth-order valence-corrected chi connectivity index (χ4v) is 1.58. The van der Waals surface area contributed by atoms with Crippen LogP contribution < -0.4 is 5.32 Å². The average Bonchev–Trinajstić information content (AvgIpc) is 2.20. The predicted octanol–water partition coefficient (Wildman–Crippen LogP) is 3.64. The first kappa shape index (κ1) is 11.5.